The van der Waals surface area contributed by atoms with Crippen LogP contribution in [0.2, 0.25) is 0 Å². The maximum absolute atomic E-state index is 12.2. The molecule has 0 fully saturated rings. The van der Waals surface area contributed by atoms with Gasteiger partial charge < -0.3 is 0 Å². The smallest absolute Gasteiger partial charge is 0.209 e. The fraction of sp³-hybridized carbons (Fsp3) is 0.571. The minimum atomic E-state index is -3.46. The number of hydrogen-bond acceptors (Lipinski definition) is 2. The Morgan fingerprint density at radius 3 is 2.47 bits per heavy atom. The van der Waals surface area contributed by atoms with Crippen molar-refractivity contribution < 1.29 is 8.42 Å². The summed E-state index contributed by atoms with van der Waals surface area (Å²) < 4.78 is 27.1. The molecular formula is C14H22ClNO2S. The summed E-state index contributed by atoms with van der Waals surface area (Å²) >= 11 is 6.23. The lowest BCUT2D eigenvalue weighted by atomic mass is 10.1. The average molecular weight is 304 g/mol. The maximum atomic E-state index is 12.2. The van der Waals surface area contributed by atoms with Crippen molar-refractivity contribution in [3.8, 4) is 0 Å². The average Bonchev–Trinajstić information content (AvgIpc) is 2.28. The van der Waals surface area contributed by atoms with Crippen LogP contribution in [0.15, 0.2) is 29.2 Å². The van der Waals surface area contributed by atoms with Crippen LogP contribution in [-0.4, -0.2) is 19.8 Å². The van der Waals surface area contributed by atoms with Gasteiger partial charge in [-0.15, -0.1) is 11.6 Å². The lowest BCUT2D eigenvalue weighted by molar-refractivity contribution is 0.568. The standard InChI is InChI=1S/C14H22ClNO2S/c1-4-7-13(15)10-12-8-5-6-9-14(12)19(17,18)16-11(2)3/h5-6,8-9,11,13,16H,4,7,10H2,1-3H3. The van der Waals surface area contributed by atoms with Gasteiger partial charge in [0.05, 0.1) is 4.90 Å². The topological polar surface area (TPSA) is 46.2 Å². The normalized spacial score (nSPS) is 13.7. The molecule has 0 saturated carbocycles. The van der Waals surface area contributed by atoms with Crippen molar-refractivity contribution in [2.45, 2.75) is 56.3 Å². The molecular weight excluding hydrogens is 282 g/mol. The molecule has 108 valence electrons. The van der Waals surface area contributed by atoms with Crippen molar-refractivity contribution in [1.29, 1.82) is 0 Å². The first-order chi connectivity index (χ1) is 8.86. The van der Waals surface area contributed by atoms with E-state index in [1.165, 1.54) is 0 Å². The molecule has 1 unspecified atom stereocenters. The molecule has 3 nitrogen and oxygen atoms in total. The lowest BCUT2D eigenvalue weighted by Gasteiger charge is -2.15. The predicted octanol–water partition coefficient (Wildman–Crippen LogP) is 3.32. The fourth-order valence-electron chi connectivity index (χ4n) is 1.96. The van der Waals surface area contributed by atoms with E-state index in [1.54, 1.807) is 12.1 Å². The predicted molar refractivity (Wildman–Crippen MR) is 80.2 cm³/mol. The van der Waals surface area contributed by atoms with E-state index in [0.717, 1.165) is 18.4 Å². The molecule has 0 amide bonds. The SMILES string of the molecule is CCCC(Cl)Cc1ccccc1S(=O)(=O)NC(C)C. The van der Waals surface area contributed by atoms with Gasteiger partial charge in [0.25, 0.3) is 0 Å². The van der Waals surface area contributed by atoms with Crippen molar-refractivity contribution in [2.24, 2.45) is 0 Å². The second-order valence-electron chi connectivity index (χ2n) is 4.97. The Kier molecular flexibility index (Phi) is 6.30. The molecule has 1 aromatic carbocycles. The van der Waals surface area contributed by atoms with Crippen LogP contribution in [0.4, 0.5) is 0 Å². The van der Waals surface area contributed by atoms with E-state index in [2.05, 4.69) is 11.6 Å². The number of alkyl halides is 1. The summed E-state index contributed by atoms with van der Waals surface area (Å²) in [5, 5.41) is -0.0274. The van der Waals surface area contributed by atoms with Gasteiger partial charge >= 0.3 is 0 Å². The molecule has 1 aromatic rings. The Bertz CT molecular complexity index is 500. The van der Waals surface area contributed by atoms with Gasteiger partial charge in [-0.3, -0.25) is 0 Å². The third-order valence-corrected chi connectivity index (χ3v) is 4.83. The highest BCUT2D eigenvalue weighted by Gasteiger charge is 2.20. The van der Waals surface area contributed by atoms with Gasteiger partial charge in [0.1, 0.15) is 0 Å². The van der Waals surface area contributed by atoms with Crippen LogP contribution in [0.3, 0.4) is 0 Å². The van der Waals surface area contributed by atoms with Gasteiger partial charge in [-0.2, -0.15) is 0 Å². The minimum absolute atomic E-state index is 0.0274. The molecule has 0 saturated heterocycles. The number of hydrogen-bond donors (Lipinski definition) is 1. The summed E-state index contributed by atoms with van der Waals surface area (Å²) in [6.07, 6.45) is 2.45. The van der Waals surface area contributed by atoms with E-state index in [1.807, 2.05) is 26.0 Å². The number of halogens is 1. The highest BCUT2D eigenvalue weighted by molar-refractivity contribution is 7.89. The molecule has 1 rings (SSSR count). The Hall–Kier alpha value is -0.580. The van der Waals surface area contributed by atoms with E-state index >= 15 is 0 Å². The van der Waals surface area contributed by atoms with Crippen LogP contribution in [0.1, 0.15) is 39.2 Å². The number of rotatable bonds is 7. The molecule has 0 aliphatic rings. The quantitative estimate of drug-likeness (QED) is 0.785. The molecule has 1 N–H and O–H groups in total. The molecule has 5 heteroatoms. The van der Waals surface area contributed by atoms with Gasteiger partial charge in [0.2, 0.25) is 10.0 Å². The molecule has 0 aliphatic carbocycles. The van der Waals surface area contributed by atoms with E-state index < -0.39 is 10.0 Å². The summed E-state index contributed by atoms with van der Waals surface area (Å²) in [5.41, 5.74) is 0.782. The van der Waals surface area contributed by atoms with Crippen LogP contribution in [0.25, 0.3) is 0 Å². The zero-order valence-corrected chi connectivity index (χ0v) is 13.3. The molecule has 0 aliphatic heterocycles. The van der Waals surface area contributed by atoms with Crippen molar-refractivity contribution >= 4 is 21.6 Å². The molecule has 0 aromatic heterocycles. The summed E-state index contributed by atoms with van der Waals surface area (Å²) in [5.74, 6) is 0. The van der Waals surface area contributed by atoms with Gasteiger partial charge in [0.15, 0.2) is 0 Å². The Morgan fingerprint density at radius 1 is 1.26 bits per heavy atom. The zero-order valence-electron chi connectivity index (χ0n) is 11.7. The molecule has 0 bridgehead atoms. The first-order valence-electron chi connectivity index (χ1n) is 6.61. The van der Waals surface area contributed by atoms with Crippen LogP contribution in [0.5, 0.6) is 0 Å². The summed E-state index contributed by atoms with van der Waals surface area (Å²) in [6, 6.07) is 6.93. The van der Waals surface area contributed by atoms with Crippen molar-refractivity contribution in [3.05, 3.63) is 29.8 Å². The number of nitrogens with one attached hydrogen (secondary N) is 1. The highest BCUT2D eigenvalue weighted by Crippen LogP contribution is 2.20. The van der Waals surface area contributed by atoms with E-state index in [-0.39, 0.29) is 11.4 Å². The second kappa shape index (κ2) is 7.27. The first kappa shape index (κ1) is 16.5. The van der Waals surface area contributed by atoms with E-state index in [9.17, 15) is 8.42 Å². The minimum Gasteiger partial charge on any atom is -0.209 e. The van der Waals surface area contributed by atoms with Gasteiger partial charge in [-0.1, -0.05) is 31.5 Å². The van der Waals surface area contributed by atoms with Crippen LogP contribution in [-0.2, 0) is 16.4 Å². The molecule has 0 spiro atoms. The van der Waals surface area contributed by atoms with Gasteiger partial charge in [0, 0.05) is 11.4 Å². The third-order valence-electron chi connectivity index (χ3n) is 2.70. The molecule has 0 heterocycles. The van der Waals surface area contributed by atoms with E-state index in [0.29, 0.717) is 11.3 Å². The van der Waals surface area contributed by atoms with Crippen LogP contribution >= 0.6 is 11.6 Å². The van der Waals surface area contributed by atoms with Crippen molar-refractivity contribution in [2.75, 3.05) is 0 Å². The maximum Gasteiger partial charge on any atom is 0.241 e. The molecule has 0 radical (unpaired) electrons. The summed E-state index contributed by atoms with van der Waals surface area (Å²) in [7, 11) is -3.46. The second-order valence-corrected chi connectivity index (χ2v) is 7.27. The van der Waals surface area contributed by atoms with Crippen molar-refractivity contribution in [1.82, 2.24) is 4.72 Å². The monoisotopic (exact) mass is 303 g/mol. The fourth-order valence-corrected chi connectivity index (χ4v) is 3.85. The van der Waals surface area contributed by atoms with Crippen LogP contribution in [0, 0.1) is 0 Å². The summed E-state index contributed by atoms with van der Waals surface area (Å²) in [6.45, 7) is 5.68. The van der Waals surface area contributed by atoms with Crippen LogP contribution < -0.4 is 4.72 Å². The Morgan fingerprint density at radius 2 is 1.89 bits per heavy atom. The highest BCUT2D eigenvalue weighted by atomic mass is 35.5. The van der Waals surface area contributed by atoms with Gasteiger partial charge in [-0.25, -0.2) is 13.1 Å². The zero-order chi connectivity index (χ0) is 14.5. The number of benzene rings is 1. The third kappa shape index (κ3) is 5.13. The van der Waals surface area contributed by atoms with Crippen molar-refractivity contribution in [3.63, 3.8) is 0 Å². The Labute approximate surface area is 121 Å². The largest absolute Gasteiger partial charge is 0.241 e. The molecule has 1 atom stereocenters. The number of sulfonamides is 1. The van der Waals surface area contributed by atoms with Gasteiger partial charge in [-0.05, 0) is 38.3 Å². The Balaban J connectivity index is 3.02. The first-order valence-corrected chi connectivity index (χ1v) is 8.53. The molecule has 19 heavy (non-hydrogen) atoms. The summed E-state index contributed by atoms with van der Waals surface area (Å²) in [4.78, 5) is 0.338. The van der Waals surface area contributed by atoms with E-state index in [4.69, 9.17) is 11.6 Å². The lowest BCUT2D eigenvalue weighted by Crippen LogP contribution is -2.31.